The highest BCUT2D eigenvalue weighted by molar-refractivity contribution is 5.91. The molecule has 0 saturated heterocycles. The first-order valence-corrected chi connectivity index (χ1v) is 5.26. The van der Waals surface area contributed by atoms with Crippen LogP contribution in [0.4, 0.5) is 10.1 Å². The summed E-state index contributed by atoms with van der Waals surface area (Å²) in [5, 5.41) is 21.3. The summed E-state index contributed by atoms with van der Waals surface area (Å²) in [5.41, 5.74) is 5.75. The molecular formula is C12H9FN4O2. The molecule has 1 aromatic heterocycles. The first kappa shape index (κ1) is 12.6. The van der Waals surface area contributed by atoms with E-state index in [2.05, 4.69) is 5.10 Å². The number of nitrogens with zero attached hydrogens (tertiary/aromatic N) is 3. The second-order valence-corrected chi connectivity index (χ2v) is 3.85. The largest absolute Gasteiger partial charge is 0.476 e. The van der Waals surface area contributed by atoms with Gasteiger partial charge in [-0.25, -0.2) is 9.18 Å². The number of nitrogens with two attached hydrogens (primary N) is 1. The van der Waals surface area contributed by atoms with E-state index in [4.69, 9.17) is 16.1 Å². The zero-order chi connectivity index (χ0) is 14.0. The molecule has 2 rings (SSSR count). The molecule has 1 heterocycles. The van der Waals surface area contributed by atoms with Gasteiger partial charge in [0, 0.05) is 11.8 Å². The van der Waals surface area contributed by atoms with E-state index in [1.165, 1.54) is 29.1 Å². The number of nitrogen functional groups attached to an aromatic ring is 1. The molecule has 0 fully saturated rings. The Balaban J connectivity index is 2.34. The third-order valence-corrected chi connectivity index (χ3v) is 2.50. The molecule has 0 amide bonds. The van der Waals surface area contributed by atoms with Crippen molar-refractivity contribution in [3.05, 3.63) is 47.0 Å². The average molecular weight is 260 g/mol. The Morgan fingerprint density at radius 2 is 2.32 bits per heavy atom. The van der Waals surface area contributed by atoms with Gasteiger partial charge in [0.15, 0.2) is 5.69 Å². The molecule has 19 heavy (non-hydrogen) atoms. The van der Waals surface area contributed by atoms with Crippen molar-refractivity contribution in [3.63, 3.8) is 0 Å². The Bertz CT molecular complexity index is 688. The predicted octanol–water partition coefficient (Wildman–Crippen LogP) is 1.22. The van der Waals surface area contributed by atoms with Gasteiger partial charge in [0.05, 0.1) is 23.9 Å². The minimum atomic E-state index is -1.25. The summed E-state index contributed by atoms with van der Waals surface area (Å²) in [7, 11) is 0. The van der Waals surface area contributed by atoms with Gasteiger partial charge >= 0.3 is 5.97 Å². The number of nitriles is 1. The molecule has 0 bridgehead atoms. The summed E-state index contributed by atoms with van der Waals surface area (Å²) >= 11 is 0. The van der Waals surface area contributed by atoms with Crippen LogP contribution < -0.4 is 5.73 Å². The van der Waals surface area contributed by atoms with Crippen LogP contribution in [0.3, 0.4) is 0 Å². The number of carboxylic acid groups (broad SMARTS) is 1. The molecule has 0 aliphatic carbocycles. The second kappa shape index (κ2) is 4.78. The minimum absolute atomic E-state index is 0.00116. The highest BCUT2D eigenvalue weighted by Gasteiger charge is 2.14. The highest BCUT2D eigenvalue weighted by Crippen LogP contribution is 2.14. The number of carboxylic acids is 1. The van der Waals surface area contributed by atoms with Crippen LogP contribution in [-0.2, 0) is 6.54 Å². The molecule has 7 heteroatoms. The lowest BCUT2D eigenvalue weighted by molar-refractivity contribution is 0.0690. The Kier molecular flexibility index (Phi) is 3.16. The number of carbonyl (C=O) groups is 1. The average Bonchev–Trinajstić information content (AvgIpc) is 2.73. The number of aromatic carboxylic acids is 1. The van der Waals surface area contributed by atoms with E-state index >= 15 is 0 Å². The van der Waals surface area contributed by atoms with E-state index in [0.29, 0.717) is 5.56 Å². The molecule has 6 nitrogen and oxygen atoms in total. The molecule has 3 N–H and O–H groups in total. The topological polar surface area (TPSA) is 105 Å². The van der Waals surface area contributed by atoms with Crippen molar-refractivity contribution in [3.8, 4) is 6.07 Å². The maximum absolute atomic E-state index is 13.6. The second-order valence-electron chi connectivity index (χ2n) is 3.85. The van der Waals surface area contributed by atoms with Crippen molar-refractivity contribution in [2.24, 2.45) is 0 Å². The summed E-state index contributed by atoms with van der Waals surface area (Å²) in [6, 6.07) is 5.82. The van der Waals surface area contributed by atoms with Crippen LogP contribution in [0, 0.1) is 17.1 Å². The van der Waals surface area contributed by atoms with E-state index in [0.717, 1.165) is 0 Å². The summed E-state index contributed by atoms with van der Waals surface area (Å²) in [6.07, 6.45) is 1.31. The van der Waals surface area contributed by atoms with Crippen LogP contribution in [0.15, 0.2) is 24.4 Å². The SMILES string of the molecule is N#Cc1ccc(F)c(Cn2cc(N)c(C(=O)O)n2)c1. The van der Waals surface area contributed by atoms with Crippen LogP contribution in [0.2, 0.25) is 0 Å². The van der Waals surface area contributed by atoms with Crippen LogP contribution in [-0.4, -0.2) is 20.9 Å². The van der Waals surface area contributed by atoms with Gasteiger partial charge in [0.1, 0.15) is 5.82 Å². The third-order valence-electron chi connectivity index (χ3n) is 2.50. The number of aromatic nitrogens is 2. The highest BCUT2D eigenvalue weighted by atomic mass is 19.1. The lowest BCUT2D eigenvalue weighted by atomic mass is 10.1. The fourth-order valence-corrected chi connectivity index (χ4v) is 1.62. The molecule has 0 saturated carbocycles. The number of anilines is 1. The van der Waals surface area contributed by atoms with E-state index in [1.54, 1.807) is 0 Å². The number of hydrogen-bond donors (Lipinski definition) is 2. The lowest BCUT2D eigenvalue weighted by Gasteiger charge is -2.03. The normalized spacial score (nSPS) is 10.1. The number of benzene rings is 1. The van der Waals surface area contributed by atoms with Crippen molar-refractivity contribution in [2.75, 3.05) is 5.73 Å². The monoisotopic (exact) mass is 260 g/mol. The first-order chi connectivity index (χ1) is 9.01. The van der Waals surface area contributed by atoms with Crippen LogP contribution >= 0.6 is 0 Å². The van der Waals surface area contributed by atoms with Crippen LogP contribution in [0.1, 0.15) is 21.6 Å². The minimum Gasteiger partial charge on any atom is -0.476 e. The zero-order valence-electron chi connectivity index (χ0n) is 9.67. The molecule has 0 spiro atoms. The van der Waals surface area contributed by atoms with E-state index in [-0.39, 0.29) is 23.5 Å². The van der Waals surface area contributed by atoms with E-state index in [1.807, 2.05) is 6.07 Å². The van der Waals surface area contributed by atoms with Gasteiger partial charge in [-0.3, -0.25) is 4.68 Å². The Morgan fingerprint density at radius 1 is 1.58 bits per heavy atom. The van der Waals surface area contributed by atoms with Crippen molar-refractivity contribution in [2.45, 2.75) is 6.54 Å². The fraction of sp³-hybridized carbons (Fsp3) is 0.0833. The van der Waals surface area contributed by atoms with Gasteiger partial charge < -0.3 is 10.8 Å². The number of halogens is 1. The number of rotatable bonds is 3. The fourth-order valence-electron chi connectivity index (χ4n) is 1.62. The maximum Gasteiger partial charge on any atom is 0.358 e. The molecule has 0 radical (unpaired) electrons. The molecule has 1 aromatic carbocycles. The van der Waals surface area contributed by atoms with Crippen LogP contribution in [0.5, 0.6) is 0 Å². The van der Waals surface area contributed by atoms with Crippen molar-refractivity contribution >= 4 is 11.7 Å². The number of hydrogen-bond acceptors (Lipinski definition) is 4. The summed E-state index contributed by atoms with van der Waals surface area (Å²) < 4.78 is 14.8. The Hall–Kier alpha value is -2.88. The molecule has 0 aliphatic heterocycles. The maximum atomic E-state index is 13.6. The third kappa shape index (κ3) is 2.52. The van der Waals surface area contributed by atoms with Crippen molar-refractivity contribution in [1.82, 2.24) is 9.78 Å². The standard InChI is InChI=1S/C12H9FN4O2/c13-9-2-1-7(4-14)3-8(9)5-17-6-10(15)11(16-17)12(18)19/h1-3,6H,5,15H2,(H,18,19). The summed E-state index contributed by atoms with van der Waals surface area (Å²) in [5.74, 6) is -1.74. The molecule has 0 atom stereocenters. The van der Waals surface area contributed by atoms with E-state index in [9.17, 15) is 9.18 Å². The molecule has 2 aromatic rings. The van der Waals surface area contributed by atoms with Gasteiger partial charge in [-0.2, -0.15) is 10.4 Å². The van der Waals surface area contributed by atoms with Gasteiger partial charge in [-0.05, 0) is 18.2 Å². The van der Waals surface area contributed by atoms with Gasteiger partial charge in [-0.15, -0.1) is 0 Å². The Morgan fingerprint density at radius 3 is 2.89 bits per heavy atom. The van der Waals surface area contributed by atoms with Gasteiger partial charge in [0.25, 0.3) is 0 Å². The smallest absolute Gasteiger partial charge is 0.358 e. The van der Waals surface area contributed by atoms with Crippen LogP contribution in [0.25, 0.3) is 0 Å². The predicted molar refractivity (Wildman–Crippen MR) is 63.8 cm³/mol. The molecule has 96 valence electrons. The molecule has 0 unspecified atom stereocenters. The van der Waals surface area contributed by atoms with E-state index < -0.39 is 11.8 Å². The first-order valence-electron chi connectivity index (χ1n) is 5.26. The van der Waals surface area contributed by atoms with Crippen molar-refractivity contribution in [1.29, 1.82) is 5.26 Å². The molecular weight excluding hydrogens is 251 g/mol. The Labute approximate surface area is 107 Å². The van der Waals surface area contributed by atoms with Gasteiger partial charge in [-0.1, -0.05) is 0 Å². The quantitative estimate of drug-likeness (QED) is 0.863. The zero-order valence-corrected chi connectivity index (χ0v) is 9.67. The summed E-state index contributed by atoms with van der Waals surface area (Å²) in [6.45, 7) is -0.00116. The van der Waals surface area contributed by atoms with Crippen molar-refractivity contribution < 1.29 is 14.3 Å². The summed E-state index contributed by atoms with van der Waals surface area (Å²) in [4.78, 5) is 10.8. The molecule has 0 aliphatic rings. The lowest BCUT2D eigenvalue weighted by Crippen LogP contribution is -2.06. The van der Waals surface area contributed by atoms with Gasteiger partial charge in [0.2, 0.25) is 0 Å².